The van der Waals surface area contributed by atoms with E-state index in [9.17, 15) is 23.5 Å². The molecule has 7 nitrogen and oxygen atoms in total. The Hall–Kier alpha value is -2.29. The molecule has 1 aliphatic heterocycles. The third-order valence-corrected chi connectivity index (χ3v) is 6.65. The fourth-order valence-electron chi connectivity index (χ4n) is 4.48. The van der Waals surface area contributed by atoms with Crippen LogP contribution in [0, 0.1) is 11.8 Å². The minimum Gasteiger partial charge on any atom is -0.480 e. The molecule has 0 radical (unpaired) electrons. The highest BCUT2D eigenvalue weighted by Gasteiger charge is 2.31. The molecule has 0 saturated heterocycles. The van der Waals surface area contributed by atoms with Crippen molar-refractivity contribution in [3.8, 4) is 0 Å². The van der Waals surface area contributed by atoms with Crippen molar-refractivity contribution in [1.82, 2.24) is 10.3 Å². The van der Waals surface area contributed by atoms with Crippen LogP contribution in [0.4, 0.5) is 14.6 Å². The molecular weight excluding hydrogens is 432 g/mol. The Morgan fingerprint density at radius 3 is 2.82 bits per heavy atom. The van der Waals surface area contributed by atoms with E-state index in [4.69, 9.17) is 9.72 Å². The lowest BCUT2D eigenvalue weighted by atomic mass is 9.79. The van der Waals surface area contributed by atoms with Crippen molar-refractivity contribution in [3.63, 3.8) is 0 Å². The van der Waals surface area contributed by atoms with Gasteiger partial charge in [-0.1, -0.05) is 13.0 Å². The Labute approximate surface area is 193 Å². The number of nitrogens with one attached hydrogen (secondary N) is 2. The Morgan fingerprint density at radius 2 is 2.12 bits per heavy atom. The lowest BCUT2D eigenvalue weighted by Gasteiger charge is -2.35. The molecule has 2 aliphatic rings. The molecule has 3 rings (SSSR count). The van der Waals surface area contributed by atoms with Gasteiger partial charge in [0.1, 0.15) is 11.9 Å². The van der Waals surface area contributed by atoms with Gasteiger partial charge in [-0.3, -0.25) is 4.79 Å². The molecule has 0 bridgehead atoms. The molecule has 33 heavy (non-hydrogen) atoms. The Bertz CT molecular complexity index is 802. The number of aliphatic carboxylic acids is 1. The summed E-state index contributed by atoms with van der Waals surface area (Å²) in [5, 5.41) is 15.1. The van der Waals surface area contributed by atoms with Gasteiger partial charge in [-0.05, 0) is 62.5 Å². The summed E-state index contributed by atoms with van der Waals surface area (Å²) in [4.78, 5) is 28.3. The molecule has 1 aliphatic carbocycles. The molecule has 9 heteroatoms. The predicted octanol–water partition coefficient (Wildman–Crippen LogP) is 3.81. The third-order valence-electron chi connectivity index (χ3n) is 6.65. The fourth-order valence-corrected chi connectivity index (χ4v) is 4.48. The number of pyridine rings is 1. The normalized spacial score (nSPS) is 21.5. The molecule has 184 valence electrons. The summed E-state index contributed by atoms with van der Waals surface area (Å²) >= 11 is 0. The van der Waals surface area contributed by atoms with Crippen molar-refractivity contribution in [2.75, 3.05) is 18.5 Å². The topological polar surface area (TPSA) is 101 Å². The van der Waals surface area contributed by atoms with E-state index >= 15 is 0 Å². The highest BCUT2D eigenvalue weighted by Crippen LogP contribution is 2.34. The second kappa shape index (κ2) is 12.3. The van der Waals surface area contributed by atoms with Crippen molar-refractivity contribution in [2.45, 2.75) is 83.3 Å². The second-order valence-electron chi connectivity index (χ2n) is 9.13. The average molecular weight is 468 g/mol. The molecule has 1 saturated carbocycles. The maximum absolute atomic E-state index is 12.6. The number of hydrogen-bond acceptors (Lipinski definition) is 5. The van der Waals surface area contributed by atoms with Gasteiger partial charge in [0.05, 0.1) is 6.10 Å². The van der Waals surface area contributed by atoms with Gasteiger partial charge in [0.25, 0.3) is 0 Å². The minimum atomic E-state index is -2.60. The van der Waals surface area contributed by atoms with Crippen LogP contribution in [0.25, 0.3) is 0 Å². The largest absolute Gasteiger partial charge is 0.480 e. The Morgan fingerprint density at radius 1 is 1.33 bits per heavy atom. The van der Waals surface area contributed by atoms with Crippen LogP contribution < -0.4 is 10.6 Å². The smallest absolute Gasteiger partial charge is 0.326 e. The van der Waals surface area contributed by atoms with Gasteiger partial charge in [-0.15, -0.1) is 0 Å². The van der Waals surface area contributed by atoms with Gasteiger partial charge < -0.3 is 20.5 Å². The summed E-state index contributed by atoms with van der Waals surface area (Å²) in [7, 11) is 0. The van der Waals surface area contributed by atoms with Crippen molar-refractivity contribution in [3.05, 3.63) is 23.4 Å². The number of carbonyl (C=O) groups excluding carboxylic acids is 1. The number of aromatic nitrogens is 1. The van der Waals surface area contributed by atoms with Crippen LogP contribution >= 0.6 is 0 Å². The first kappa shape index (κ1) is 25.3. The standard InChI is InChI=1S/C24H35F2N3O4/c1-2-16(14-21(25)26)23(30)29-20(24(31)32)9-11-33-19-12-15(13-19)5-7-18-8-6-17-4-3-10-27-22(17)28-18/h6,8,15-16,19-21H,2-5,7,9-14H2,1H3,(H,27,28)(H,29,30)(H,31,32)/t15?,16?,19?,20-/m0/s1. The quantitative estimate of drug-likeness (QED) is 0.408. The van der Waals surface area contributed by atoms with Crippen LogP contribution in [-0.4, -0.2) is 53.7 Å². The van der Waals surface area contributed by atoms with Gasteiger partial charge in [0, 0.05) is 37.6 Å². The van der Waals surface area contributed by atoms with E-state index < -0.39 is 36.7 Å². The average Bonchev–Trinajstić information content (AvgIpc) is 2.76. The van der Waals surface area contributed by atoms with Crippen LogP contribution in [-0.2, 0) is 27.2 Å². The molecule has 3 N–H and O–H groups in total. The fraction of sp³-hybridized carbons (Fsp3) is 0.708. The summed E-state index contributed by atoms with van der Waals surface area (Å²) in [6.45, 7) is 2.82. The second-order valence-corrected chi connectivity index (χ2v) is 9.13. The van der Waals surface area contributed by atoms with Gasteiger partial charge in [-0.25, -0.2) is 18.6 Å². The summed E-state index contributed by atoms with van der Waals surface area (Å²) in [6, 6.07) is 3.15. The predicted molar refractivity (Wildman–Crippen MR) is 120 cm³/mol. The molecule has 0 aromatic carbocycles. The van der Waals surface area contributed by atoms with Crippen molar-refractivity contribution < 1.29 is 28.2 Å². The van der Waals surface area contributed by atoms with Crippen molar-refractivity contribution in [1.29, 1.82) is 0 Å². The zero-order valence-electron chi connectivity index (χ0n) is 19.2. The van der Waals surface area contributed by atoms with Gasteiger partial charge in [0.2, 0.25) is 12.3 Å². The van der Waals surface area contributed by atoms with E-state index in [1.165, 1.54) is 5.56 Å². The molecule has 1 unspecified atom stereocenters. The van der Waals surface area contributed by atoms with E-state index in [1.807, 2.05) is 0 Å². The maximum atomic E-state index is 12.6. The Balaban J connectivity index is 1.33. The number of alkyl halides is 2. The number of anilines is 1. The van der Waals surface area contributed by atoms with Crippen LogP contribution in [0.1, 0.15) is 63.1 Å². The molecule has 2 atom stereocenters. The first-order valence-corrected chi connectivity index (χ1v) is 12.0. The first-order chi connectivity index (χ1) is 15.9. The highest BCUT2D eigenvalue weighted by molar-refractivity contribution is 5.84. The number of halogens is 2. The number of fused-ring (bicyclic) bond motifs is 1. The Kier molecular flexibility index (Phi) is 9.41. The van der Waals surface area contributed by atoms with Crippen LogP contribution in [0.3, 0.4) is 0 Å². The number of amides is 1. The van der Waals surface area contributed by atoms with Gasteiger partial charge in [-0.2, -0.15) is 0 Å². The number of aryl methyl sites for hydroxylation is 2. The SMILES string of the molecule is CCC(CC(F)F)C(=O)N[C@@H](CCOC1CC(CCc2ccc3c(n2)NCCC3)C1)C(=O)O. The molecule has 0 spiro atoms. The van der Waals surface area contributed by atoms with Gasteiger partial charge in [0.15, 0.2) is 0 Å². The summed E-state index contributed by atoms with van der Waals surface area (Å²) in [6.07, 6.45) is 3.34. The van der Waals surface area contributed by atoms with Crippen molar-refractivity contribution in [2.24, 2.45) is 11.8 Å². The molecule has 1 aromatic rings. The van der Waals surface area contributed by atoms with Crippen LogP contribution in [0.2, 0.25) is 0 Å². The third kappa shape index (κ3) is 7.62. The molecular formula is C24H35F2N3O4. The minimum absolute atomic E-state index is 0.0977. The number of carboxylic acid groups (broad SMARTS) is 1. The summed E-state index contributed by atoms with van der Waals surface area (Å²) in [5.74, 6) is -1.12. The number of nitrogens with zero attached hydrogens (tertiary/aromatic N) is 1. The molecule has 1 fully saturated rings. The number of hydrogen-bond donors (Lipinski definition) is 3. The first-order valence-electron chi connectivity index (χ1n) is 12.0. The van der Waals surface area contributed by atoms with E-state index in [1.54, 1.807) is 6.92 Å². The summed E-state index contributed by atoms with van der Waals surface area (Å²) < 4.78 is 31.0. The van der Waals surface area contributed by atoms with Crippen molar-refractivity contribution >= 4 is 17.7 Å². The number of ether oxygens (including phenoxy) is 1. The zero-order valence-corrected chi connectivity index (χ0v) is 19.2. The van der Waals surface area contributed by atoms with Crippen LogP contribution in [0.5, 0.6) is 0 Å². The summed E-state index contributed by atoms with van der Waals surface area (Å²) in [5.41, 5.74) is 2.39. The van der Waals surface area contributed by atoms with E-state index in [0.717, 1.165) is 56.6 Å². The number of carbonyl (C=O) groups is 2. The number of rotatable bonds is 13. The molecule has 1 aromatic heterocycles. The molecule has 1 amide bonds. The maximum Gasteiger partial charge on any atom is 0.326 e. The van der Waals surface area contributed by atoms with E-state index in [-0.39, 0.29) is 25.6 Å². The highest BCUT2D eigenvalue weighted by atomic mass is 19.3. The zero-order chi connectivity index (χ0) is 23.8. The number of carboxylic acids is 1. The van der Waals surface area contributed by atoms with Crippen LogP contribution in [0.15, 0.2) is 12.1 Å². The lowest BCUT2D eigenvalue weighted by molar-refractivity contribution is -0.143. The van der Waals surface area contributed by atoms with E-state index in [0.29, 0.717) is 5.92 Å². The molecule has 2 heterocycles. The van der Waals surface area contributed by atoms with Gasteiger partial charge >= 0.3 is 5.97 Å². The van der Waals surface area contributed by atoms with E-state index in [2.05, 4.69) is 22.8 Å². The monoisotopic (exact) mass is 467 g/mol. The lowest BCUT2D eigenvalue weighted by Crippen LogP contribution is -2.45.